The molecule has 1 rings (SSSR count). The van der Waals surface area contributed by atoms with E-state index in [2.05, 4.69) is 31.1 Å². The molecular weight excluding hydrogens is 119 g/mol. The van der Waals surface area contributed by atoms with Crippen LogP contribution in [0.2, 0.25) is 12.6 Å². The predicted octanol–water partition coefficient (Wildman–Crippen LogP) is 2.95. The normalized spacial score (nSPS) is 16.3. The van der Waals surface area contributed by atoms with Crippen molar-refractivity contribution in [3.05, 3.63) is 24.2 Å². The minimum Gasteiger partial charge on any atom is -0.115 e. The first-order valence-corrected chi connectivity index (χ1v) is 4.27. The van der Waals surface area contributed by atoms with Crippen molar-refractivity contribution in [3.63, 3.8) is 0 Å². The van der Waals surface area contributed by atoms with E-state index >= 15 is 0 Å². The molecule has 0 atom stereocenters. The Morgan fingerprint density at radius 2 is 2.30 bits per heavy atom. The van der Waals surface area contributed by atoms with Gasteiger partial charge in [0.05, 0.1) is 0 Å². The number of unbranched alkanes of at least 4 members (excludes halogenated alkanes) is 1. The van der Waals surface area contributed by atoms with Crippen molar-refractivity contribution in [3.8, 4) is 0 Å². The minimum atomic E-state index is 0.838. The van der Waals surface area contributed by atoms with Gasteiger partial charge >= 0.3 is 0 Å². The SMILES string of the molecule is CCCCB1C=CC=CC1. The third-order valence-corrected chi connectivity index (χ3v) is 2.00. The summed E-state index contributed by atoms with van der Waals surface area (Å²) < 4.78 is 0. The van der Waals surface area contributed by atoms with E-state index in [1.54, 1.807) is 0 Å². The first-order chi connectivity index (χ1) is 4.93. The Kier molecular flexibility index (Phi) is 3.35. The third kappa shape index (κ3) is 2.42. The van der Waals surface area contributed by atoms with E-state index in [9.17, 15) is 0 Å². The van der Waals surface area contributed by atoms with Crippen LogP contribution in [0.4, 0.5) is 0 Å². The summed E-state index contributed by atoms with van der Waals surface area (Å²) in [5.74, 6) is 2.33. The van der Waals surface area contributed by atoms with E-state index in [0.29, 0.717) is 0 Å². The van der Waals surface area contributed by atoms with Gasteiger partial charge in [0.15, 0.2) is 6.71 Å². The second-order valence-corrected chi connectivity index (χ2v) is 2.95. The topological polar surface area (TPSA) is 0 Å². The standard InChI is InChI=1S/C9H15B/c1-2-3-7-10-8-5-4-6-9-10/h4-6,8H,2-3,7,9H2,1H3. The Labute approximate surface area is 64.1 Å². The fourth-order valence-electron chi connectivity index (χ4n) is 1.31. The van der Waals surface area contributed by atoms with Gasteiger partial charge in [0.1, 0.15) is 0 Å². The highest BCUT2D eigenvalue weighted by Gasteiger charge is 2.07. The molecule has 0 aliphatic carbocycles. The Morgan fingerprint density at radius 1 is 1.40 bits per heavy atom. The van der Waals surface area contributed by atoms with Gasteiger partial charge in [-0.1, -0.05) is 50.6 Å². The van der Waals surface area contributed by atoms with Gasteiger partial charge < -0.3 is 0 Å². The molecule has 0 unspecified atom stereocenters. The molecule has 54 valence electrons. The summed E-state index contributed by atoms with van der Waals surface area (Å²) in [5, 5.41) is 0. The largest absolute Gasteiger partial charge is 0.170 e. The average Bonchev–Trinajstić information content (AvgIpc) is 2.03. The first kappa shape index (κ1) is 7.65. The van der Waals surface area contributed by atoms with Gasteiger partial charge in [0.2, 0.25) is 0 Å². The van der Waals surface area contributed by atoms with Crippen molar-refractivity contribution >= 4 is 6.71 Å². The number of allylic oxidation sites excluding steroid dienone is 3. The van der Waals surface area contributed by atoms with Crippen molar-refractivity contribution in [1.82, 2.24) is 0 Å². The molecule has 0 bridgehead atoms. The zero-order valence-corrected chi connectivity index (χ0v) is 6.72. The van der Waals surface area contributed by atoms with Gasteiger partial charge in [-0.3, -0.25) is 0 Å². The minimum absolute atomic E-state index is 0.838. The lowest BCUT2D eigenvalue weighted by Crippen LogP contribution is -2.08. The predicted molar refractivity (Wildman–Crippen MR) is 48.6 cm³/mol. The van der Waals surface area contributed by atoms with Crippen LogP contribution in [0.1, 0.15) is 19.8 Å². The van der Waals surface area contributed by atoms with Crippen LogP contribution in [0.15, 0.2) is 24.2 Å². The fraction of sp³-hybridized carbons (Fsp3) is 0.556. The van der Waals surface area contributed by atoms with Crippen molar-refractivity contribution in [1.29, 1.82) is 0 Å². The highest BCUT2D eigenvalue weighted by Crippen LogP contribution is 2.10. The molecule has 0 aromatic heterocycles. The lowest BCUT2D eigenvalue weighted by Gasteiger charge is -2.06. The second kappa shape index (κ2) is 4.37. The second-order valence-electron chi connectivity index (χ2n) is 2.95. The number of rotatable bonds is 3. The van der Waals surface area contributed by atoms with Crippen LogP contribution in [-0.4, -0.2) is 6.71 Å². The molecule has 0 fully saturated rings. The molecule has 0 saturated heterocycles. The van der Waals surface area contributed by atoms with Crippen LogP contribution in [0.5, 0.6) is 0 Å². The van der Waals surface area contributed by atoms with Gasteiger partial charge in [-0.05, 0) is 0 Å². The maximum atomic E-state index is 2.33. The Morgan fingerprint density at radius 3 is 2.90 bits per heavy atom. The zero-order valence-electron chi connectivity index (χ0n) is 6.72. The molecule has 0 radical (unpaired) electrons. The summed E-state index contributed by atoms with van der Waals surface area (Å²) in [7, 11) is 0. The van der Waals surface area contributed by atoms with Crippen molar-refractivity contribution < 1.29 is 0 Å². The van der Waals surface area contributed by atoms with Gasteiger partial charge in [0.25, 0.3) is 0 Å². The summed E-state index contributed by atoms with van der Waals surface area (Å²) in [6.45, 7) is 3.09. The summed E-state index contributed by atoms with van der Waals surface area (Å²) in [4.78, 5) is 0. The lowest BCUT2D eigenvalue weighted by atomic mass is 9.43. The highest BCUT2D eigenvalue weighted by atomic mass is 13.8. The fourth-order valence-corrected chi connectivity index (χ4v) is 1.31. The molecule has 0 nitrogen and oxygen atoms in total. The molecule has 1 aliphatic rings. The van der Waals surface area contributed by atoms with Crippen LogP contribution in [0.3, 0.4) is 0 Å². The van der Waals surface area contributed by atoms with Crippen molar-refractivity contribution in [2.75, 3.05) is 0 Å². The maximum Gasteiger partial charge on any atom is 0.170 e. The number of hydrogen-bond donors (Lipinski definition) is 0. The molecule has 0 aromatic rings. The van der Waals surface area contributed by atoms with Crippen LogP contribution >= 0.6 is 0 Å². The van der Waals surface area contributed by atoms with E-state index in [1.807, 2.05) is 0 Å². The van der Waals surface area contributed by atoms with Crippen LogP contribution < -0.4 is 0 Å². The molecule has 0 N–H and O–H groups in total. The molecular formula is C9H15B. The smallest absolute Gasteiger partial charge is 0.115 e. The number of hydrogen-bond acceptors (Lipinski definition) is 0. The first-order valence-electron chi connectivity index (χ1n) is 4.27. The van der Waals surface area contributed by atoms with E-state index in [1.165, 1.54) is 25.5 Å². The molecule has 1 aliphatic heterocycles. The monoisotopic (exact) mass is 134 g/mol. The third-order valence-electron chi connectivity index (χ3n) is 2.00. The highest BCUT2D eigenvalue weighted by molar-refractivity contribution is 6.65. The Balaban J connectivity index is 2.17. The summed E-state index contributed by atoms with van der Waals surface area (Å²) in [6.07, 6.45) is 11.9. The van der Waals surface area contributed by atoms with Crippen molar-refractivity contribution in [2.24, 2.45) is 0 Å². The van der Waals surface area contributed by atoms with Crippen LogP contribution in [0.25, 0.3) is 0 Å². The van der Waals surface area contributed by atoms with E-state index in [0.717, 1.165) is 6.71 Å². The van der Waals surface area contributed by atoms with Gasteiger partial charge in [-0.25, -0.2) is 0 Å². The molecule has 10 heavy (non-hydrogen) atoms. The Hall–Kier alpha value is -0.455. The summed E-state index contributed by atoms with van der Waals surface area (Å²) >= 11 is 0. The molecule has 1 heterocycles. The van der Waals surface area contributed by atoms with Crippen molar-refractivity contribution in [2.45, 2.75) is 32.4 Å². The molecule has 1 heteroatoms. The molecule has 0 saturated carbocycles. The van der Waals surface area contributed by atoms with Crippen LogP contribution in [0, 0.1) is 0 Å². The Bertz CT molecular complexity index is 136. The van der Waals surface area contributed by atoms with Gasteiger partial charge in [0, 0.05) is 0 Å². The average molecular weight is 134 g/mol. The molecule has 0 aromatic carbocycles. The van der Waals surface area contributed by atoms with Gasteiger partial charge in [-0.2, -0.15) is 0 Å². The zero-order chi connectivity index (χ0) is 7.23. The van der Waals surface area contributed by atoms with Gasteiger partial charge in [-0.15, -0.1) is 5.98 Å². The quantitative estimate of drug-likeness (QED) is 0.520. The van der Waals surface area contributed by atoms with E-state index in [-0.39, 0.29) is 0 Å². The molecule has 0 spiro atoms. The van der Waals surface area contributed by atoms with E-state index < -0.39 is 0 Å². The summed E-state index contributed by atoms with van der Waals surface area (Å²) in [6, 6.07) is 0. The van der Waals surface area contributed by atoms with E-state index in [4.69, 9.17) is 0 Å². The lowest BCUT2D eigenvalue weighted by molar-refractivity contribution is 0.874. The maximum absolute atomic E-state index is 2.33. The molecule has 0 amide bonds. The van der Waals surface area contributed by atoms with Crippen LogP contribution in [-0.2, 0) is 0 Å². The summed E-state index contributed by atoms with van der Waals surface area (Å²) in [5.41, 5.74) is 0.